The fourth-order valence-electron chi connectivity index (χ4n) is 3.00. The minimum Gasteiger partial charge on any atom is -0.535 e. The normalized spacial score (nSPS) is 15.8. The van der Waals surface area contributed by atoms with Gasteiger partial charge in [-0.3, -0.25) is 9.59 Å². The summed E-state index contributed by atoms with van der Waals surface area (Å²) in [4.78, 5) is 36.4. The van der Waals surface area contributed by atoms with Crippen molar-refractivity contribution in [1.82, 2.24) is 0 Å². The first kappa shape index (κ1) is 24.5. The van der Waals surface area contributed by atoms with Gasteiger partial charge in [-0.15, -0.1) is 0 Å². The van der Waals surface area contributed by atoms with Gasteiger partial charge in [-0.2, -0.15) is 0 Å². The van der Waals surface area contributed by atoms with Gasteiger partial charge in [0.2, 0.25) is 6.79 Å². The molecule has 164 valence electrons. The minimum absolute atomic E-state index is 0.0222. The summed E-state index contributed by atoms with van der Waals surface area (Å²) in [7, 11) is -1.29. The molecule has 2 rings (SSSR count). The van der Waals surface area contributed by atoms with E-state index in [0.29, 0.717) is 12.0 Å². The summed E-state index contributed by atoms with van der Waals surface area (Å²) in [6.45, 7) is 6.29. The number of carbonyl (C=O) groups excluding carboxylic acids is 3. The van der Waals surface area contributed by atoms with E-state index in [1.807, 2.05) is 6.92 Å². The van der Waals surface area contributed by atoms with E-state index in [9.17, 15) is 19.4 Å². The lowest BCUT2D eigenvalue weighted by Gasteiger charge is -2.29. The van der Waals surface area contributed by atoms with Gasteiger partial charge in [0.1, 0.15) is 17.1 Å². The molecule has 0 unspecified atom stereocenters. The van der Waals surface area contributed by atoms with Gasteiger partial charge >= 0.3 is 19.1 Å². The molecule has 7 nitrogen and oxygen atoms in total. The van der Waals surface area contributed by atoms with Gasteiger partial charge in [-0.05, 0) is 45.2 Å². The van der Waals surface area contributed by atoms with E-state index in [2.05, 4.69) is 0 Å². The van der Waals surface area contributed by atoms with Crippen molar-refractivity contribution in [2.75, 3.05) is 6.79 Å². The van der Waals surface area contributed by atoms with Crippen LogP contribution in [0.4, 0.5) is 0 Å². The standard InChI is InChI=1S/C20H25BCl2O7/c1-5-6-13(24)9-12-7-11-8-14(22)16(23)15(17(11)30-21(12)27)18(25)28-10-29-19(26)20(2,3)4/h8,12,27H,5-7,9-10H2,1-4H3/t12-/m1/s1. The molecule has 1 aromatic rings. The smallest absolute Gasteiger partial charge is 0.526 e. The maximum absolute atomic E-state index is 12.6. The highest BCUT2D eigenvalue weighted by Gasteiger charge is 2.39. The number of fused-ring (bicyclic) bond motifs is 1. The maximum atomic E-state index is 12.6. The number of ether oxygens (including phenoxy) is 2. The average molecular weight is 459 g/mol. The lowest BCUT2D eigenvalue weighted by atomic mass is 9.64. The third-order valence-electron chi connectivity index (χ3n) is 4.59. The van der Waals surface area contributed by atoms with Crippen LogP contribution in [0.2, 0.25) is 15.9 Å². The number of rotatable bonds is 7. The number of hydrogen-bond donors (Lipinski definition) is 1. The molecule has 1 aromatic carbocycles. The summed E-state index contributed by atoms with van der Waals surface area (Å²) in [6.07, 6.45) is 1.57. The first-order valence-corrected chi connectivity index (χ1v) is 10.4. The molecular formula is C20H25BCl2O7. The van der Waals surface area contributed by atoms with Crippen LogP contribution in [0, 0.1) is 5.41 Å². The quantitative estimate of drug-likeness (QED) is 0.370. The largest absolute Gasteiger partial charge is 0.535 e. The molecular weight excluding hydrogens is 434 g/mol. The van der Waals surface area contributed by atoms with E-state index in [0.717, 1.165) is 6.42 Å². The molecule has 1 atom stereocenters. The summed E-state index contributed by atoms with van der Waals surface area (Å²) in [5, 5.41) is 10.4. The second kappa shape index (κ2) is 10.0. The Bertz CT molecular complexity index is 835. The lowest BCUT2D eigenvalue weighted by Crippen LogP contribution is -2.36. The van der Waals surface area contributed by atoms with E-state index in [4.69, 9.17) is 37.3 Å². The molecule has 1 N–H and O–H groups in total. The monoisotopic (exact) mass is 458 g/mol. The molecule has 1 aliphatic rings. The Morgan fingerprint density at radius 3 is 2.53 bits per heavy atom. The number of benzene rings is 1. The summed E-state index contributed by atoms with van der Waals surface area (Å²) >= 11 is 12.4. The van der Waals surface area contributed by atoms with Gasteiger partial charge in [0.15, 0.2) is 0 Å². The van der Waals surface area contributed by atoms with Crippen LogP contribution >= 0.6 is 23.2 Å². The van der Waals surface area contributed by atoms with Gasteiger partial charge in [0.25, 0.3) is 0 Å². The van der Waals surface area contributed by atoms with Gasteiger partial charge < -0.3 is 19.2 Å². The lowest BCUT2D eigenvalue weighted by molar-refractivity contribution is -0.161. The molecule has 1 aliphatic heterocycles. The van der Waals surface area contributed by atoms with Crippen molar-refractivity contribution in [2.24, 2.45) is 5.41 Å². The van der Waals surface area contributed by atoms with Crippen LogP contribution in [0.5, 0.6) is 5.75 Å². The van der Waals surface area contributed by atoms with Crippen molar-refractivity contribution in [3.63, 3.8) is 0 Å². The highest BCUT2D eigenvalue weighted by Crippen LogP contribution is 2.43. The van der Waals surface area contributed by atoms with Gasteiger partial charge in [-0.1, -0.05) is 30.1 Å². The molecule has 0 spiro atoms. The van der Waals surface area contributed by atoms with E-state index in [-0.39, 0.29) is 40.0 Å². The Labute approximate surface area is 186 Å². The van der Waals surface area contributed by atoms with Crippen molar-refractivity contribution in [1.29, 1.82) is 0 Å². The van der Waals surface area contributed by atoms with Crippen LogP contribution in [0.3, 0.4) is 0 Å². The molecule has 0 aromatic heterocycles. The zero-order valence-electron chi connectivity index (χ0n) is 17.4. The third kappa shape index (κ3) is 5.90. The van der Waals surface area contributed by atoms with E-state index in [1.165, 1.54) is 0 Å². The van der Waals surface area contributed by atoms with Crippen molar-refractivity contribution in [2.45, 2.75) is 59.2 Å². The predicted octanol–water partition coefficient (Wildman–Crippen LogP) is 4.24. The predicted molar refractivity (Wildman–Crippen MR) is 113 cm³/mol. The van der Waals surface area contributed by atoms with Crippen LogP contribution in [0.15, 0.2) is 6.07 Å². The third-order valence-corrected chi connectivity index (χ3v) is 5.38. The minimum atomic E-state index is -1.29. The SMILES string of the molecule is CCCC(=O)C[C@H]1Cc2cc(Cl)c(Cl)c(C(=O)OCOC(=O)C(C)(C)C)c2OB1O. The Morgan fingerprint density at radius 1 is 1.27 bits per heavy atom. The highest BCUT2D eigenvalue weighted by atomic mass is 35.5. The molecule has 0 radical (unpaired) electrons. The van der Waals surface area contributed by atoms with Crippen molar-refractivity contribution in [3.05, 3.63) is 27.2 Å². The Hall–Kier alpha value is -1.77. The van der Waals surface area contributed by atoms with Crippen LogP contribution in [-0.4, -0.2) is 36.7 Å². The number of halogens is 2. The van der Waals surface area contributed by atoms with Crippen LogP contribution < -0.4 is 4.65 Å². The van der Waals surface area contributed by atoms with Crippen LogP contribution in [0.25, 0.3) is 0 Å². The molecule has 0 aliphatic carbocycles. The second-order valence-corrected chi connectivity index (χ2v) is 9.02. The molecule has 10 heteroatoms. The molecule has 0 bridgehead atoms. The van der Waals surface area contributed by atoms with Crippen LogP contribution in [-0.2, 0) is 25.5 Å². The zero-order valence-corrected chi connectivity index (χ0v) is 18.9. The Balaban J connectivity index is 2.20. The number of carbonyl (C=O) groups is 3. The number of ketones is 1. The summed E-state index contributed by atoms with van der Waals surface area (Å²) < 4.78 is 15.5. The zero-order chi connectivity index (χ0) is 22.6. The summed E-state index contributed by atoms with van der Waals surface area (Å²) in [6, 6.07) is 1.54. The van der Waals surface area contributed by atoms with Crippen molar-refractivity contribution < 1.29 is 33.5 Å². The molecule has 0 fully saturated rings. The van der Waals surface area contributed by atoms with E-state index < -0.39 is 37.1 Å². The Morgan fingerprint density at radius 2 is 1.93 bits per heavy atom. The van der Waals surface area contributed by atoms with E-state index >= 15 is 0 Å². The van der Waals surface area contributed by atoms with Crippen molar-refractivity contribution in [3.8, 4) is 5.75 Å². The van der Waals surface area contributed by atoms with Crippen LogP contribution in [0.1, 0.15) is 62.9 Å². The first-order valence-electron chi connectivity index (χ1n) is 9.67. The first-order chi connectivity index (χ1) is 14.0. The molecule has 1 heterocycles. The van der Waals surface area contributed by atoms with E-state index in [1.54, 1.807) is 26.8 Å². The molecule has 0 amide bonds. The topological polar surface area (TPSA) is 99.1 Å². The van der Waals surface area contributed by atoms with Gasteiger partial charge in [0, 0.05) is 18.7 Å². The maximum Gasteiger partial charge on any atom is 0.526 e. The number of Topliss-reactive ketones (excluding diaryl/α,β-unsaturated/α-hetero) is 1. The summed E-state index contributed by atoms with van der Waals surface area (Å²) in [5.74, 6) is -1.85. The van der Waals surface area contributed by atoms with Gasteiger partial charge in [-0.25, -0.2) is 4.79 Å². The fraction of sp³-hybridized carbons (Fsp3) is 0.550. The molecule has 0 saturated carbocycles. The average Bonchev–Trinajstić information content (AvgIpc) is 2.63. The highest BCUT2D eigenvalue weighted by molar-refractivity contribution is 6.48. The van der Waals surface area contributed by atoms with Crippen molar-refractivity contribution >= 4 is 48.0 Å². The Kier molecular flexibility index (Phi) is 8.19. The van der Waals surface area contributed by atoms with Gasteiger partial charge in [0.05, 0.1) is 15.5 Å². The second-order valence-electron chi connectivity index (χ2n) is 8.23. The summed E-state index contributed by atoms with van der Waals surface area (Å²) in [5.41, 5.74) is -0.387. The fourth-order valence-corrected chi connectivity index (χ4v) is 3.45. The molecule has 30 heavy (non-hydrogen) atoms. The number of hydrogen-bond acceptors (Lipinski definition) is 7. The number of esters is 2. The molecule has 0 saturated heterocycles.